The van der Waals surface area contributed by atoms with Crippen LogP contribution < -0.4 is 5.73 Å². The number of primary amides is 1. The van der Waals surface area contributed by atoms with Crippen LogP contribution in [-0.4, -0.2) is 15.9 Å². The molecule has 0 aliphatic heterocycles. The monoisotopic (exact) mass is 275 g/mol. The number of rotatable bonds is 3. The average molecular weight is 275 g/mol. The molecule has 0 saturated heterocycles. The van der Waals surface area contributed by atoms with Crippen LogP contribution in [0.2, 0.25) is 0 Å². The van der Waals surface area contributed by atoms with Gasteiger partial charge in [-0.05, 0) is 23.3 Å². The molecular formula is C17H13N3O. The van der Waals surface area contributed by atoms with E-state index < -0.39 is 5.91 Å². The van der Waals surface area contributed by atoms with Gasteiger partial charge in [-0.3, -0.25) is 14.8 Å². The van der Waals surface area contributed by atoms with Gasteiger partial charge in [0, 0.05) is 23.5 Å². The first-order valence-corrected chi connectivity index (χ1v) is 6.51. The fourth-order valence-electron chi connectivity index (χ4n) is 2.22. The Morgan fingerprint density at radius 3 is 2.43 bits per heavy atom. The lowest BCUT2D eigenvalue weighted by atomic mass is 9.95. The second-order valence-electron chi connectivity index (χ2n) is 4.58. The molecule has 1 aromatic heterocycles. The summed E-state index contributed by atoms with van der Waals surface area (Å²) in [6.07, 6.45) is 4.91. The fraction of sp³-hybridized carbons (Fsp3) is 0. The zero-order chi connectivity index (χ0) is 14.7. The standard InChI is InChI=1S/C17H13N3O/c18-17(21)13-6-7-14(12-4-2-1-3-5-12)15(10-13)16-11-19-8-9-20-16/h1-11H,(H2,18,21). The summed E-state index contributed by atoms with van der Waals surface area (Å²) in [7, 11) is 0. The lowest BCUT2D eigenvalue weighted by Crippen LogP contribution is -2.11. The zero-order valence-corrected chi connectivity index (χ0v) is 11.2. The number of hydrogen-bond acceptors (Lipinski definition) is 3. The molecule has 3 aromatic rings. The number of carbonyl (C=O) groups excluding carboxylic acids is 1. The quantitative estimate of drug-likeness (QED) is 0.799. The van der Waals surface area contributed by atoms with Gasteiger partial charge in [0.15, 0.2) is 0 Å². The molecule has 0 spiro atoms. The summed E-state index contributed by atoms with van der Waals surface area (Å²) in [5, 5.41) is 0. The van der Waals surface area contributed by atoms with E-state index in [0.717, 1.165) is 16.7 Å². The second kappa shape index (κ2) is 5.54. The molecule has 0 radical (unpaired) electrons. The van der Waals surface area contributed by atoms with Gasteiger partial charge in [-0.1, -0.05) is 36.4 Å². The van der Waals surface area contributed by atoms with Crippen LogP contribution >= 0.6 is 0 Å². The molecule has 0 bridgehead atoms. The third-order valence-electron chi connectivity index (χ3n) is 3.23. The minimum atomic E-state index is -0.459. The molecule has 0 saturated carbocycles. The Hall–Kier alpha value is -3.01. The van der Waals surface area contributed by atoms with Crippen molar-refractivity contribution in [3.8, 4) is 22.4 Å². The first kappa shape index (κ1) is 13.0. The summed E-state index contributed by atoms with van der Waals surface area (Å²) in [4.78, 5) is 19.8. The summed E-state index contributed by atoms with van der Waals surface area (Å²) < 4.78 is 0. The van der Waals surface area contributed by atoms with Crippen molar-refractivity contribution < 1.29 is 4.79 Å². The van der Waals surface area contributed by atoms with Gasteiger partial charge in [0.1, 0.15) is 0 Å². The maximum atomic E-state index is 11.4. The molecule has 1 heterocycles. The maximum Gasteiger partial charge on any atom is 0.248 e. The average Bonchev–Trinajstić information content (AvgIpc) is 2.56. The molecule has 21 heavy (non-hydrogen) atoms. The van der Waals surface area contributed by atoms with Gasteiger partial charge in [0.25, 0.3) is 0 Å². The van der Waals surface area contributed by atoms with Gasteiger partial charge in [-0.2, -0.15) is 0 Å². The van der Waals surface area contributed by atoms with Crippen molar-refractivity contribution in [2.75, 3.05) is 0 Å². The Labute approximate surface area is 122 Å². The van der Waals surface area contributed by atoms with Crippen LogP contribution in [0, 0.1) is 0 Å². The summed E-state index contributed by atoms with van der Waals surface area (Å²) >= 11 is 0. The molecule has 1 amide bonds. The number of nitrogens with two attached hydrogens (primary N) is 1. The third-order valence-corrected chi connectivity index (χ3v) is 3.23. The molecule has 4 nitrogen and oxygen atoms in total. The molecule has 0 atom stereocenters. The van der Waals surface area contributed by atoms with Crippen LogP contribution in [0.4, 0.5) is 0 Å². The molecule has 2 aromatic carbocycles. The van der Waals surface area contributed by atoms with E-state index in [-0.39, 0.29) is 0 Å². The third kappa shape index (κ3) is 2.65. The normalized spacial score (nSPS) is 10.3. The Balaban J connectivity index is 2.23. The van der Waals surface area contributed by atoms with Crippen molar-refractivity contribution in [3.63, 3.8) is 0 Å². The Morgan fingerprint density at radius 2 is 1.76 bits per heavy atom. The number of benzene rings is 2. The molecule has 102 valence electrons. The van der Waals surface area contributed by atoms with Crippen molar-refractivity contribution in [1.29, 1.82) is 0 Å². The zero-order valence-electron chi connectivity index (χ0n) is 11.2. The van der Waals surface area contributed by atoms with E-state index in [4.69, 9.17) is 5.73 Å². The molecule has 0 unspecified atom stereocenters. The highest BCUT2D eigenvalue weighted by Crippen LogP contribution is 2.31. The van der Waals surface area contributed by atoms with Crippen molar-refractivity contribution >= 4 is 5.91 Å². The lowest BCUT2D eigenvalue weighted by Gasteiger charge is -2.10. The van der Waals surface area contributed by atoms with Crippen LogP contribution in [0.5, 0.6) is 0 Å². The number of nitrogens with zero attached hydrogens (tertiary/aromatic N) is 2. The van der Waals surface area contributed by atoms with Crippen LogP contribution in [0.25, 0.3) is 22.4 Å². The number of amides is 1. The van der Waals surface area contributed by atoms with Crippen LogP contribution in [0.15, 0.2) is 67.1 Å². The highest BCUT2D eigenvalue weighted by Gasteiger charge is 2.11. The SMILES string of the molecule is NC(=O)c1ccc(-c2ccccc2)c(-c2cnccn2)c1. The van der Waals surface area contributed by atoms with Crippen LogP contribution in [0.3, 0.4) is 0 Å². The summed E-state index contributed by atoms with van der Waals surface area (Å²) in [5.41, 5.74) is 9.41. The minimum Gasteiger partial charge on any atom is -0.366 e. The van der Waals surface area contributed by atoms with E-state index in [9.17, 15) is 4.79 Å². The second-order valence-corrected chi connectivity index (χ2v) is 4.58. The van der Waals surface area contributed by atoms with Gasteiger partial charge in [-0.25, -0.2) is 0 Å². The van der Waals surface area contributed by atoms with Gasteiger partial charge >= 0.3 is 0 Å². The molecular weight excluding hydrogens is 262 g/mol. The summed E-state index contributed by atoms with van der Waals surface area (Å²) in [6.45, 7) is 0. The molecule has 0 fully saturated rings. The highest BCUT2D eigenvalue weighted by atomic mass is 16.1. The van der Waals surface area contributed by atoms with Crippen molar-refractivity contribution in [1.82, 2.24) is 9.97 Å². The number of carbonyl (C=O) groups is 1. The fourth-order valence-corrected chi connectivity index (χ4v) is 2.22. The molecule has 0 aliphatic carbocycles. The van der Waals surface area contributed by atoms with E-state index in [0.29, 0.717) is 11.3 Å². The van der Waals surface area contributed by atoms with E-state index in [2.05, 4.69) is 9.97 Å². The predicted molar refractivity (Wildman–Crippen MR) is 81.4 cm³/mol. The van der Waals surface area contributed by atoms with E-state index in [1.807, 2.05) is 36.4 Å². The lowest BCUT2D eigenvalue weighted by molar-refractivity contribution is 0.100. The van der Waals surface area contributed by atoms with E-state index in [1.165, 1.54) is 0 Å². The summed E-state index contributed by atoms with van der Waals surface area (Å²) in [6, 6.07) is 15.3. The van der Waals surface area contributed by atoms with Crippen molar-refractivity contribution in [2.45, 2.75) is 0 Å². The largest absolute Gasteiger partial charge is 0.366 e. The van der Waals surface area contributed by atoms with Gasteiger partial charge in [0.2, 0.25) is 5.91 Å². The Kier molecular flexibility index (Phi) is 3.43. The predicted octanol–water partition coefficient (Wildman–Crippen LogP) is 2.91. The van der Waals surface area contributed by atoms with Crippen LogP contribution in [0.1, 0.15) is 10.4 Å². The molecule has 4 heteroatoms. The molecule has 0 aliphatic rings. The van der Waals surface area contributed by atoms with E-state index in [1.54, 1.807) is 30.7 Å². The van der Waals surface area contributed by atoms with Gasteiger partial charge in [0.05, 0.1) is 11.9 Å². The Morgan fingerprint density at radius 1 is 0.952 bits per heavy atom. The first-order valence-electron chi connectivity index (χ1n) is 6.51. The van der Waals surface area contributed by atoms with Gasteiger partial charge < -0.3 is 5.73 Å². The summed E-state index contributed by atoms with van der Waals surface area (Å²) in [5.74, 6) is -0.459. The van der Waals surface area contributed by atoms with E-state index >= 15 is 0 Å². The smallest absolute Gasteiger partial charge is 0.248 e. The first-order chi connectivity index (χ1) is 10.3. The van der Waals surface area contributed by atoms with Crippen LogP contribution in [-0.2, 0) is 0 Å². The minimum absolute atomic E-state index is 0.454. The maximum absolute atomic E-state index is 11.4. The van der Waals surface area contributed by atoms with Crippen molar-refractivity contribution in [3.05, 3.63) is 72.7 Å². The Bertz CT molecular complexity index is 771. The number of hydrogen-bond donors (Lipinski definition) is 1. The molecule has 3 rings (SSSR count). The molecule has 2 N–H and O–H groups in total. The van der Waals surface area contributed by atoms with Crippen molar-refractivity contribution in [2.24, 2.45) is 5.73 Å². The van der Waals surface area contributed by atoms with Gasteiger partial charge in [-0.15, -0.1) is 0 Å². The number of aromatic nitrogens is 2. The topological polar surface area (TPSA) is 68.9 Å². The highest BCUT2D eigenvalue weighted by molar-refractivity contribution is 5.96.